The van der Waals surface area contributed by atoms with Crippen molar-refractivity contribution in [2.24, 2.45) is 0 Å². The molecule has 0 atom stereocenters. The van der Waals surface area contributed by atoms with Gasteiger partial charge in [-0.15, -0.1) is 0 Å². The number of carbonyl (C=O) groups is 1. The predicted octanol–water partition coefficient (Wildman–Crippen LogP) is 1.14. The second kappa shape index (κ2) is 9.43. The fourth-order valence-electron chi connectivity index (χ4n) is 0.413. The molecule has 0 bridgehead atoms. The molecule has 0 aromatic carbocycles. The molecule has 3 nitrogen and oxygen atoms in total. The Morgan fingerprint density at radius 2 is 1.82 bits per heavy atom. The molecule has 0 N–H and O–H groups in total. The zero-order valence-corrected chi connectivity index (χ0v) is 8.18. The second-order valence-corrected chi connectivity index (χ2v) is 2.03. The summed E-state index contributed by atoms with van der Waals surface area (Å²) in [6.07, 6.45) is 0.476. The average Bonchev–Trinajstić information content (AvgIpc) is 2.03. The van der Waals surface area contributed by atoms with Gasteiger partial charge in [-0.05, 0) is 0 Å². The van der Waals surface area contributed by atoms with E-state index in [1.165, 1.54) is 0 Å². The molecule has 0 unspecified atom stereocenters. The van der Waals surface area contributed by atoms with Gasteiger partial charge >= 0.3 is 0 Å². The molecule has 0 aliphatic rings. The van der Waals surface area contributed by atoms with E-state index < -0.39 is 0 Å². The Bertz CT molecular complexity index is 92.1. The first kappa shape index (κ1) is 13.1. The molecule has 0 fully saturated rings. The lowest BCUT2D eigenvalue weighted by Gasteiger charge is -2.08. The summed E-state index contributed by atoms with van der Waals surface area (Å²) in [6.45, 7) is 4.51. The van der Waals surface area contributed by atoms with E-state index in [1.807, 2.05) is 13.8 Å². The van der Waals surface area contributed by atoms with E-state index in [1.54, 1.807) is 26.1 Å². The summed E-state index contributed by atoms with van der Waals surface area (Å²) in [7, 11) is 5.05. The van der Waals surface area contributed by atoms with Crippen molar-refractivity contribution in [1.82, 2.24) is 4.90 Å². The molecule has 0 aromatic rings. The molecule has 0 aromatic heterocycles. The maximum absolute atomic E-state index is 10.7. The molecule has 0 aliphatic heterocycles. The fraction of sp³-hybridized carbons (Fsp3) is 0.875. The molecule has 11 heavy (non-hydrogen) atoms. The number of methoxy groups -OCH3 is 1. The topological polar surface area (TPSA) is 29.5 Å². The summed E-state index contributed by atoms with van der Waals surface area (Å²) in [5.74, 6) is 0.108. The van der Waals surface area contributed by atoms with Crippen LogP contribution in [0.1, 0.15) is 20.3 Å². The van der Waals surface area contributed by atoms with Gasteiger partial charge in [0, 0.05) is 21.2 Å². The normalized spacial score (nSPS) is 8.09. The quantitative estimate of drug-likeness (QED) is 0.621. The molecular weight excluding hydrogens is 142 g/mol. The summed E-state index contributed by atoms with van der Waals surface area (Å²) < 4.78 is 4.72. The molecule has 0 saturated heterocycles. The number of rotatable bonds is 3. The van der Waals surface area contributed by atoms with Gasteiger partial charge in [0.1, 0.15) is 0 Å². The first-order chi connectivity index (χ1) is 5.18. The van der Waals surface area contributed by atoms with Gasteiger partial charge in [0.15, 0.2) is 0 Å². The Kier molecular flexibility index (Phi) is 11.2. The third-order valence-corrected chi connectivity index (χ3v) is 1.02. The van der Waals surface area contributed by atoms with Crippen LogP contribution >= 0.6 is 0 Å². The zero-order chi connectivity index (χ0) is 9.28. The maximum Gasteiger partial charge on any atom is 0.224 e. The molecule has 0 spiro atoms. The summed E-state index contributed by atoms with van der Waals surface area (Å²) in [6, 6.07) is 0. The Balaban J connectivity index is 0. The Hall–Kier alpha value is -0.570. The Morgan fingerprint density at radius 1 is 1.36 bits per heavy atom. The molecule has 0 heterocycles. The molecule has 0 aliphatic carbocycles. The second-order valence-electron chi connectivity index (χ2n) is 2.03. The van der Waals surface area contributed by atoms with Gasteiger partial charge in [0.2, 0.25) is 5.91 Å². The van der Waals surface area contributed by atoms with Gasteiger partial charge in [-0.3, -0.25) is 4.79 Å². The number of ether oxygens (including phenoxy) is 1. The van der Waals surface area contributed by atoms with Crippen LogP contribution in [0.15, 0.2) is 0 Å². The lowest BCUT2D eigenvalue weighted by atomic mass is 10.4. The van der Waals surface area contributed by atoms with Crippen molar-refractivity contribution in [1.29, 1.82) is 0 Å². The minimum absolute atomic E-state index is 0.108. The molecule has 1 amide bonds. The van der Waals surface area contributed by atoms with Crippen LogP contribution in [0.4, 0.5) is 0 Å². The first-order valence-electron chi connectivity index (χ1n) is 3.87. The smallest absolute Gasteiger partial charge is 0.224 e. The van der Waals surface area contributed by atoms with Crippen molar-refractivity contribution in [2.45, 2.75) is 20.3 Å². The first-order valence-corrected chi connectivity index (χ1v) is 3.87. The lowest BCUT2D eigenvalue weighted by Crippen LogP contribution is -2.22. The van der Waals surface area contributed by atoms with Crippen LogP contribution in [-0.2, 0) is 9.53 Å². The van der Waals surface area contributed by atoms with Crippen LogP contribution in [0.5, 0.6) is 0 Å². The molecule has 0 saturated carbocycles. The molecule has 3 heteroatoms. The van der Waals surface area contributed by atoms with E-state index in [0.29, 0.717) is 13.0 Å². The summed E-state index contributed by atoms with van der Waals surface area (Å²) in [4.78, 5) is 12.3. The van der Waals surface area contributed by atoms with Gasteiger partial charge < -0.3 is 9.64 Å². The van der Waals surface area contributed by atoms with Crippen molar-refractivity contribution in [3.63, 3.8) is 0 Å². The van der Waals surface area contributed by atoms with Gasteiger partial charge in [-0.25, -0.2) is 0 Å². The van der Waals surface area contributed by atoms with Crippen LogP contribution < -0.4 is 0 Å². The Labute approximate surface area is 69.3 Å². The summed E-state index contributed by atoms with van der Waals surface area (Å²) in [5, 5.41) is 0. The number of hydrogen-bond donors (Lipinski definition) is 0. The largest absolute Gasteiger partial charge is 0.384 e. The lowest BCUT2D eigenvalue weighted by molar-refractivity contribution is -0.129. The average molecular weight is 161 g/mol. The third-order valence-electron chi connectivity index (χ3n) is 1.02. The van der Waals surface area contributed by atoms with E-state index in [9.17, 15) is 4.79 Å². The van der Waals surface area contributed by atoms with Crippen LogP contribution in [0.2, 0.25) is 0 Å². The minimum atomic E-state index is 0.108. The molecule has 68 valence electrons. The maximum atomic E-state index is 10.7. The van der Waals surface area contributed by atoms with Gasteiger partial charge in [0.25, 0.3) is 0 Å². The van der Waals surface area contributed by atoms with E-state index >= 15 is 0 Å². The van der Waals surface area contributed by atoms with E-state index in [4.69, 9.17) is 4.74 Å². The van der Waals surface area contributed by atoms with Gasteiger partial charge in [0.05, 0.1) is 13.0 Å². The number of hydrogen-bond acceptors (Lipinski definition) is 2. The minimum Gasteiger partial charge on any atom is -0.384 e. The van der Waals surface area contributed by atoms with Crippen molar-refractivity contribution < 1.29 is 9.53 Å². The third kappa shape index (κ3) is 9.43. The van der Waals surface area contributed by atoms with Crippen molar-refractivity contribution >= 4 is 5.91 Å². The highest BCUT2D eigenvalue weighted by Crippen LogP contribution is 1.85. The Morgan fingerprint density at radius 3 is 2.09 bits per heavy atom. The molecule has 0 rings (SSSR count). The zero-order valence-electron chi connectivity index (χ0n) is 8.18. The monoisotopic (exact) mass is 161 g/mol. The molecular formula is C8H19NO2. The highest BCUT2D eigenvalue weighted by Gasteiger charge is 2.00. The van der Waals surface area contributed by atoms with Crippen LogP contribution in [-0.4, -0.2) is 38.6 Å². The predicted molar refractivity (Wildman–Crippen MR) is 46.5 cm³/mol. The van der Waals surface area contributed by atoms with E-state index in [0.717, 1.165) is 0 Å². The van der Waals surface area contributed by atoms with Crippen molar-refractivity contribution in [2.75, 3.05) is 27.8 Å². The van der Waals surface area contributed by atoms with Crippen molar-refractivity contribution in [3.8, 4) is 0 Å². The summed E-state index contributed by atoms with van der Waals surface area (Å²) >= 11 is 0. The number of carbonyl (C=O) groups excluding carboxylic acids is 1. The van der Waals surface area contributed by atoms with Crippen molar-refractivity contribution in [3.05, 3.63) is 0 Å². The highest BCUT2D eigenvalue weighted by molar-refractivity contribution is 5.75. The van der Waals surface area contributed by atoms with Crippen LogP contribution in [0, 0.1) is 0 Å². The number of nitrogens with zero attached hydrogens (tertiary/aromatic N) is 1. The van der Waals surface area contributed by atoms with Crippen LogP contribution in [0.25, 0.3) is 0 Å². The highest BCUT2D eigenvalue weighted by atomic mass is 16.5. The standard InChI is InChI=1S/C6H13NO2.C2H6/c1-7(2)6(8)4-5-9-3;1-2/h4-5H2,1-3H3;1-2H3. The number of amides is 1. The van der Waals surface area contributed by atoms with E-state index in [-0.39, 0.29) is 5.91 Å². The van der Waals surface area contributed by atoms with Gasteiger partial charge in [-0.1, -0.05) is 13.8 Å². The van der Waals surface area contributed by atoms with E-state index in [2.05, 4.69) is 0 Å². The summed E-state index contributed by atoms with van der Waals surface area (Å²) in [5.41, 5.74) is 0. The fourth-order valence-corrected chi connectivity index (χ4v) is 0.413. The van der Waals surface area contributed by atoms with Gasteiger partial charge in [-0.2, -0.15) is 0 Å². The molecule has 0 radical (unpaired) electrons. The SMILES string of the molecule is CC.COCCC(=O)N(C)C. The van der Waals surface area contributed by atoms with Crippen LogP contribution in [0.3, 0.4) is 0 Å².